The number of halogens is 1. The highest BCUT2D eigenvalue weighted by Crippen LogP contribution is 2.25. The number of nitrogens with one attached hydrogen (secondary N) is 2. The van der Waals surface area contributed by atoms with Gasteiger partial charge in [-0.15, -0.1) is 0 Å². The van der Waals surface area contributed by atoms with Crippen molar-refractivity contribution >= 4 is 40.1 Å². The second-order valence-corrected chi connectivity index (χ2v) is 6.61. The number of hydrogen-bond donors (Lipinski definition) is 3. The number of aromatic amines is 1. The second-order valence-electron chi connectivity index (χ2n) is 6.18. The van der Waals surface area contributed by atoms with Gasteiger partial charge in [-0.05, 0) is 30.3 Å². The third-order valence-electron chi connectivity index (χ3n) is 4.26. The molecule has 0 spiro atoms. The quantitative estimate of drug-likeness (QED) is 0.493. The number of amides is 2. The Morgan fingerprint density at radius 1 is 1.21 bits per heavy atom. The van der Waals surface area contributed by atoms with Crippen LogP contribution < -0.4 is 11.1 Å². The molecule has 28 heavy (non-hydrogen) atoms. The van der Waals surface area contributed by atoms with Crippen LogP contribution >= 0.6 is 11.6 Å². The maximum Gasteiger partial charge on any atom is 0.274 e. The number of nitrogens with two attached hydrogens (primary N) is 1. The molecule has 0 unspecified atom stereocenters. The maximum atomic E-state index is 12.6. The summed E-state index contributed by atoms with van der Waals surface area (Å²) in [5.41, 5.74) is 8.34. The van der Waals surface area contributed by atoms with Gasteiger partial charge in [0.25, 0.3) is 11.8 Å². The van der Waals surface area contributed by atoms with E-state index in [1.54, 1.807) is 31.3 Å². The van der Waals surface area contributed by atoms with E-state index in [0.717, 1.165) is 16.6 Å². The fourth-order valence-electron chi connectivity index (χ4n) is 2.94. The Kier molecular flexibility index (Phi) is 4.32. The molecule has 4 N–H and O–H groups in total. The van der Waals surface area contributed by atoms with Gasteiger partial charge in [-0.3, -0.25) is 14.3 Å². The number of anilines is 1. The maximum absolute atomic E-state index is 12.6. The average Bonchev–Trinajstić information content (AvgIpc) is 3.25. The Labute approximate surface area is 164 Å². The molecule has 0 aliphatic rings. The number of rotatable bonds is 4. The van der Waals surface area contributed by atoms with E-state index in [4.69, 9.17) is 17.3 Å². The van der Waals surface area contributed by atoms with E-state index in [2.05, 4.69) is 20.4 Å². The van der Waals surface area contributed by atoms with Gasteiger partial charge in [0.05, 0.1) is 22.8 Å². The van der Waals surface area contributed by atoms with E-state index in [1.807, 2.05) is 18.2 Å². The van der Waals surface area contributed by atoms with Crippen LogP contribution in [-0.4, -0.2) is 31.6 Å². The van der Waals surface area contributed by atoms with Crippen LogP contribution in [0.4, 0.5) is 5.69 Å². The van der Waals surface area contributed by atoms with Crippen LogP contribution in [0.2, 0.25) is 5.02 Å². The van der Waals surface area contributed by atoms with E-state index in [0.29, 0.717) is 16.5 Å². The summed E-state index contributed by atoms with van der Waals surface area (Å²) in [4.78, 5) is 31.9. The second kappa shape index (κ2) is 6.82. The van der Waals surface area contributed by atoms with Crippen molar-refractivity contribution in [3.8, 4) is 11.4 Å². The highest BCUT2D eigenvalue weighted by atomic mass is 35.5. The number of imidazole rings is 1. The summed E-state index contributed by atoms with van der Waals surface area (Å²) in [5.74, 6) is -0.528. The molecule has 2 heterocycles. The van der Waals surface area contributed by atoms with Crippen LogP contribution in [0, 0.1) is 0 Å². The van der Waals surface area contributed by atoms with Crippen LogP contribution in [0.25, 0.3) is 22.4 Å². The zero-order valence-electron chi connectivity index (χ0n) is 14.7. The van der Waals surface area contributed by atoms with E-state index in [-0.39, 0.29) is 11.3 Å². The summed E-state index contributed by atoms with van der Waals surface area (Å²) in [6, 6.07) is 12.6. The van der Waals surface area contributed by atoms with Gasteiger partial charge in [-0.2, -0.15) is 5.10 Å². The molecule has 0 radical (unpaired) electrons. The lowest BCUT2D eigenvalue weighted by atomic mass is 10.2. The molecule has 0 bridgehead atoms. The van der Waals surface area contributed by atoms with E-state index in [9.17, 15) is 9.59 Å². The van der Waals surface area contributed by atoms with Gasteiger partial charge in [-0.25, -0.2) is 4.98 Å². The van der Waals surface area contributed by atoms with Gasteiger partial charge < -0.3 is 16.0 Å². The Morgan fingerprint density at radius 2 is 2.04 bits per heavy atom. The standard InChI is InChI=1S/C19H15ClN6O2/c1-26-16(13(9-22-26)17(21)27)19(28)23-12-5-6-14-15(8-12)25-18(24-14)10-3-2-4-11(20)7-10/h2-9H,1H3,(H2,21,27)(H,23,28)(H,24,25). The lowest BCUT2D eigenvalue weighted by Crippen LogP contribution is -2.22. The fraction of sp³-hybridized carbons (Fsp3) is 0.0526. The van der Waals surface area contributed by atoms with Gasteiger partial charge in [-0.1, -0.05) is 23.7 Å². The van der Waals surface area contributed by atoms with E-state index < -0.39 is 11.8 Å². The number of hydrogen-bond acceptors (Lipinski definition) is 4. The summed E-state index contributed by atoms with van der Waals surface area (Å²) >= 11 is 6.04. The first kappa shape index (κ1) is 17.7. The Hall–Kier alpha value is -3.65. The summed E-state index contributed by atoms with van der Waals surface area (Å²) in [5, 5.41) is 7.29. The predicted octanol–water partition coefficient (Wildman–Crippen LogP) is 2.97. The third-order valence-corrected chi connectivity index (χ3v) is 4.49. The van der Waals surface area contributed by atoms with Crippen molar-refractivity contribution < 1.29 is 9.59 Å². The highest BCUT2D eigenvalue weighted by molar-refractivity contribution is 6.30. The van der Waals surface area contributed by atoms with Gasteiger partial charge >= 0.3 is 0 Å². The molecule has 9 heteroatoms. The van der Waals surface area contributed by atoms with Crippen LogP contribution in [0.15, 0.2) is 48.7 Å². The number of aromatic nitrogens is 4. The lowest BCUT2D eigenvalue weighted by Gasteiger charge is -2.06. The van der Waals surface area contributed by atoms with Crippen molar-refractivity contribution in [1.29, 1.82) is 0 Å². The number of benzene rings is 2. The molecule has 140 valence electrons. The molecule has 0 aliphatic carbocycles. The van der Waals surface area contributed by atoms with Gasteiger partial charge in [0.1, 0.15) is 11.5 Å². The summed E-state index contributed by atoms with van der Waals surface area (Å²) in [6.07, 6.45) is 1.27. The summed E-state index contributed by atoms with van der Waals surface area (Å²) in [6.45, 7) is 0. The molecule has 0 atom stereocenters. The molecule has 0 saturated carbocycles. The minimum Gasteiger partial charge on any atom is -0.365 e. The minimum atomic E-state index is -0.714. The smallest absolute Gasteiger partial charge is 0.274 e. The zero-order chi connectivity index (χ0) is 19.8. The van der Waals surface area contributed by atoms with E-state index >= 15 is 0 Å². The monoisotopic (exact) mass is 394 g/mol. The number of aryl methyl sites for hydroxylation is 1. The molecule has 2 aromatic carbocycles. The fourth-order valence-corrected chi connectivity index (χ4v) is 3.13. The largest absolute Gasteiger partial charge is 0.365 e. The van der Waals surface area contributed by atoms with Crippen molar-refractivity contribution in [2.45, 2.75) is 0 Å². The SMILES string of the molecule is Cn1ncc(C(N)=O)c1C(=O)Nc1ccc2nc(-c3cccc(Cl)c3)[nH]c2c1. The lowest BCUT2D eigenvalue weighted by molar-refractivity contribution is 0.0973. The van der Waals surface area contributed by atoms with E-state index in [1.165, 1.54) is 10.9 Å². The summed E-state index contributed by atoms with van der Waals surface area (Å²) < 4.78 is 1.31. The summed E-state index contributed by atoms with van der Waals surface area (Å²) in [7, 11) is 1.57. The zero-order valence-corrected chi connectivity index (χ0v) is 15.5. The third kappa shape index (κ3) is 3.21. The molecule has 0 fully saturated rings. The van der Waals surface area contributed by atoms with Gasteiger partial charge in [0, 0.05) is 23.3 Å². The van der Waals surface area contributed by atoms with Crippen molar-refractivity contribution in [3.63, 3.8) is 0 Å². The van der Waals surface area contributed by atoms with Crippen LogP contribution in [0.1, 0.15) is 20.8 Å². The number of primary amides is 1. The Morgan fingerprint density at radius 3 is 2.79 bits per heavy atom. The van der Waals surface area contributed by atoms with Gasteiger partial charge in [0.15, 0.2) is 0 Å². The topological polar surface area (TPSA) is 119 Å². The first-order chi connectivity index (χ1) is 13.4. The van der Waals surface area contributed by atoms with Crippen LogP contribution in [-0.2, 0) is 7.05 Å². The highest BCUT2D eigenvalue weighted by Gasteiger charge is 2.20. The number of carbonyl (C=O) groups excluding carboxylic acids is 2. The first-order valence-corrected chi connectivity index (χ1v) is 8.69. The molecular formula is C19H15ClN6O2. The normalized spacial score (nSPS) is 10.9. The minimum absolute atomic E-state index is 0.0610. The van der Waals surface area contributed by atoms with Crippen molar-refractivity contribution in [2.24, 2.45) is 12.8 Å². The molecule has 8 nitrogen and oxygen atoms in total. The number of H-pyrrole nitrogens is 1. The molecule has 0 aliphatic heterocycles. The van der Waals surface area contributed by atoms with Gasteiger partial charge in [0.2, 0.25) is 0 Å². The number of nitrogens with zero attached hydrogens (tertiary/aromatic N) is 3. The molecular weight excluding hydrogens is 380 g/mol. The predicted molar refractivity (Wildman–Crippen MR) is 106 cm³/mol. The number of fused-ring (bicyclic) bond motifs is 1. The molecule has 2 amide bonds. The average molecular weight is 395 g/mol. The molecule has 2 aromatic heterocycles. The Balaban J connectivity index is 1.64. The molecule has 0 saturated heterocycles. The van der Waals surface area contributed by atoms with Crippen LogP contribution in [0.5, 0.6) is 0 Å². The Bertz CT molecular complexity index is 1230. The van der Waals surface area contributed by atoms with Crippen molar-refractivity contribution in [3.05, 3.63) is 64.9 Å². The molecule has 4 aromatic rings. The first-order valence-electron chi connectivity index (χ1n) is 8.31. The number of carbonyl (C=O) groups is 2. The van der Waals surface area contributed by atoms with Crippen molar-refractivity contribution in [1.82, 2.24) is 19.7 Å². The molecule has 4 rings (SSSR count). The van der Waals surface area contributed by atoms with Crippen LogP contribution in [0.3, 0.4) is 0 Å². The van der Waals surface area contributed by atoms with Crippen molar-refractivity contribution in [2.75, 3.05) is 5.32 Å².